The van der Waals surface area contributed by atoms with E-state index in [1.54, 1.807) is 5.56 Å². The molecule has 1 saturated heterocycles. The summed E-state index contributed by atoms with van der Waals surface area (Å²) in [5.74, 6) is 0.883. The second-order valence-electron chi connectivity index (χ2n) is 7.42. The van der Waals surface area contributed by atoms with Gasteiger partial charge in [0, 0.05) is 36.2 Å². The molecule has 1 N–H and O–H groups in total. The standard InChI is InChI=1S/C20H29N3/c1-16-6-4-11-22(15-16)12-5-13-23-19-8-3-2-7-17(19)18-9-10-21-14-20(18)23/h2-3,7-8,16,21H,4-6,9-15H2,1H3. The molecule has 124 valence electrons. The highest BCUT2D eigenvalue weighted by Crippen LogP contribution is 2.29. The van der Waals surface area contributed by atoms with Crippen LogP contribution >= 0.6 is 0 Å². The van der Waals surface area contributed by atoms with E-state index in [1.807, 2.05) is 0 Å². The van der Waals surface area contributed by atoms with Crippen LogP contribution in [0.5, 0.6) is 0 Å². The second-order valence-corrected chi connectivity index (χ2v) is 7.42. The fourth-order valence-corrected chi connectivity index (χ4v) is 4.53. The minimum atomic E-state index is 0.883. The van der Waals surface area contributed by atoms with Crippen molar-refractivity contribution in [3.63, 3.8) is 0 Å². The summed E-state index contributed by atoms with van der Waals surface area (Å²) in [6.45, 7) is 9.55. The Morgan fingerprint density at radius 1 is 1.22 bits per heavy atom. The van der Waals surface area contributed by atoms with Gasteiger partial charge in [0.25, 0.3) is 0 Å². The number of hydrogen-bond donors (Lipinski definition) is 1. The van der Waals surface area contributed by atoms with E-state index in [2.05, 4.69) is 46.0 Å². The first-order valence-electron chi connectivity index (χ1n) is 9.35. The minimum absolute atomic E-state index is 0.883. The Hall–Kier alpha value is -1.32. The van der Waals surface area contributed by atoms with Crippen molar-refractivity contribution in [3.05, 3.63) is 35.5 Å². The third kappa shape index (κ3) is 3.05. The van der Waals surface area contributed by atoms with Crippen LogP contribution in [0.15, 0.2) is 24.3 Å². The Morgan fingerprint density at radius 2 is 2.13 bits per heavy atom. The summed E-state index contributed by atoms with van der Waals surface area (Å²) in [6, 6.07) is 8.98. The van der Waals surface area contributed by atoms with Gasteiger partial charge in [0.2, 0.25) is 0 Å². The quantitative estimate of drug-likeness (QED) is 0.934. The summed E-state index contributed by atoms with van der Waals surface area (Å²) in [5, 5.41) is 5.04. The molecule has 2 aromatic rings. The summed E-state index contributed by atoms with van der Waals surface area (Å²) >= 11 is 0. The molecular formula is C20H29N3. The molecule has 3 heterocycles. The van der Waals surface area contributed by atoms with E-state index in [0.717, 1.165) is 25.6 Å². The lowest BCUT2D eigenvalue weighted by Crippen LogP contribution is -2.35. The van der Waals surface area contributed by atoms with Gasteiger partial charge >= 0.3 is 0 Å². The van der Waals surface area contributed by atoms with Crippen molar-refractivity contribution in [1.29, 1.82) is 0 Å². The number of aryl methyl sites for hydroxylation is 1. The van der Waals surface area contributed by atoms with Crippen molar-refractivity contribution in [2.24, 2.45) is 5.92 Å². The topological polar surface area (TPSA) is 20.2 Å². The van der Waals surface area contributed by atoms with Crippen LogP contribution in [0, 0.1) is 5.92 Å². The number of nitrogens with zero attached hydrogens (tertiary/aromatic N) is 2. The van der Waals surface area contributed by atoms with Crippen LogP contribution in [0.25, 0.3) is 10.9 Å². The van der Waals surface area contributed by atoms with Crippen molar-refractivity contribution in [3.8, 4) is 0 Å². The largest absolute Gasteiger partial charge is 0.343 e. The third-order valence-electron chi connectivity index (χ3n) is 5.64. The van der Waals surface area contributed by atoms with Gasteiger partial charge in [-0.15, -0.1) is 0 Å². The highest BCUT2D eigenvalue weighted by Gasteiger charge is 2.20. The number of rotatable bonds is 4. The number of nitrogens with one attached hydrogen (secondary N) is 1. The Balaban J connectivity index is 1.50. The van der Waals surface area contributed by atoms with Gasteiger partial charge in [0.05, 0.1) is 0 Å². The van der Waals surface area contributed by atoms with Crippen LogP contribution in [0.3, 0.4) is 0 Å². The molecule has 0 bridgehead atoms. The Bertz CT molecular complexity index is 673. The lowest BCUT2D eigenvalue weighted by molar-refractivity contribution is 0.180. The Kier molecular flexibility index (Phi) is 4.41. The average Bonchev–Trinajstić information content (AvgIpc) is 2.90. The van der Waals surface area contributed by atoms with Gasteiger partial charge in [-0.25, -0.2) is 0 Å². The normalized spacial score (nSPS) is 22.4. The van der Waals surface area contributed by atoms with E-state index in [1.165, 1.54) is 61.9 Å². The lowest BCUT2D eigenvalue weighted by atomic mass is 10.0. The van der Waals surface area contributed by atoms with Crippen molar-refractivity contribution in [2.45, 2.75) is 45.7 Å². The summed E-state index contributed by atoms with van der Waals surface area (Å²) in [7, 11) is 0. The van der Waals surface area contributed by atoms with Gasteiger partial charge in [0.1, 0.15) is 0 Å². The molecule has 3 heteroatoms. The average molecular weight is 311 g/mol. The van der Waals surface area contributed by atoms with E-state index in [9.17, 15) is 0 Å². The molecule has 0 spiro atoms. The molecule has 0 amide bonds. The molecule has 1 aromatic carbocycles. The van der Waals surface area contributed by atoms with Crippen LogP contribution in [0.2, 0.25) is 0 Å². The van der Waals surface area contributed by atoms with Crippen LogP contribution in [0.1, 0.15) is 37.4 Å². The monoisotopic (exact) mass is 311 g/mol. The number of fused-ring (bicyclic) bond motifs is 3. The molecule has 0 radical (unpaired) electrons. The van der Waals surface area contributed by atoms with Gasteiger partial charge in [-0.3, -0.25) is 0 Å². The molecule has 4 rings (SSSR count). The van der Waals surface area contributed by atoms with E-state index in [0.29, 0.717) is 0 Å². The zero-order valence-electron chi connectivity index (χ0n) is 14.4. The van der Waals surface area contributed by atoms with Gasteiger partial charge in [-0.05, 0) is 62.9 Å². The molecule has 23 heavy (non-hydrogen) atoms. The van der Waals surface area contributed by atoms with Gasteiger partial charge in [-0.2, -0.15) is 0 Å². The number of aromatic nitrogens is 1. The van der Waals surface area contributed by atoms with Gasteiger partial charge in [0.15, 0.2) is 0 Å². The van der Waals surface area contributed by atoms with Gasteiger partial charge < -0.3 is 14.8 Å². The summed E-state index contributed by atoms with van der Waals surface area (Å²) in [5.41, 5.74) is 4.56. The first-order valence-corrected chi connectivity index (χ1v) is 9.35. The fourth-order valence-electron chi connectivity index (χ4n) is 4.53. The zero-order chi connectivity index (χ0) is 15.6. The van der Waals surface area contributed by atoms with E-state index in [4.69, 9.17) is 0 Å². The third-order valence-corrected chi connectivity index (χ3v) is 5.64. The zero-order valence-corrected chi connectivity index (χ0v) is 14.4. The first-order chi connectivity index (χ1) is 11.3. The first kappa shape index (κ1) is 15.2. The van der Waals surface area contributed by atoms with Crippen molar-refractivity contribution in [1.82, 2.24) is 14.8 Å². The molecule has 2 aliphatic rings. The van der Waals surface area contributed by atoms with Crippen LogP contribution < -0.4 is 5.32 Å². The molecule has 3 nitrogen and oxygen atoms in total. The Morgan fingerprint density at radius 3 is 3.04 bits per heavy atom. The highest BCUT2D eigenvalue weighted by molar-refractivity contribution is 5.85. The van der Waals surface area contributed by atoms with Crippen LogP contribution in [-0.2, 0) is 19.5 Å². The van der Waals surface area contributed by atoms with Gasteiger partial charge in [-0.1, -0.05) is 25.1 Å². The number of benzene rings is 1. The van der Waals surface area contributed by atoms with Crippen molar-refractivity contribution < 1.29 is 0 Å². The number of para-hydroxylation sites is 1. The van der Waals surface area contributed by atoms with E-state index in [-0.39, 0.29) is 0 Å². The smallest absolute Gasteiger partial charge is 0.0485 e. The maximum absolute atomic E-state index is 3.56. The molecule has 1 aromatic heterocycles. The molecule has 2 aliphatic heterocycles. The van der Waals surface area contributed by atoms with E-state index < -0.39 is 0 Å². The highest BCUT2D eigenvalue weighted by atomic mass is 15.1. The SMILES string of the molecule is CC1CCCN(CCCn2c3c(c4ccccc42)CCNC3)C1. The minimum Gasteiger partial charge on any atom is -0.343 e. The molecule has 0 saturated carbocycles. The predicted octanol–water partition coefficient (Wildman–Crippen LogP) is 3.41. The summed E-state index contributed by atoms with van der Waals surface area (Å²) in [4.78, 5) is 2.67. The fraction of sp³-hybridized carbons (Fsp3) is 0.600. The molecule has 1 fully saturated rings. The van der Waals surface area contributed by atoms with Crippen molar-refractivity contribution in [2.75, 3.05) is 26.2 Å². The maximum Gasteiger partial charge on any atom is 0.0485 e. The van der Waals surface area contributed by atoms with Crippen LogP contribution in [0.4, 0.5) is 0 Å². The Labute approximate surface area is 139 Å². The number of hydrogen-bond acceptors (Lipinski definition) is 2. The van der Waals surface area contributed by atoms with E-state index >= 15 is 0 Å². The molecular weight excluding hydrogens is 282 g/mol. The predicted molar refractivity (Wildman–Crippen MR) is 96.8 cm³/mol. The lowest BCUT2D eigenvalue weighted by Gasteiger charge is -2.31. The molecule has 1 atom stereocenters. The summed E-state index contributed by atoms with van der Waals surface area (Å²) in [6.07, 6.45) is 5.23. The maximum atomic E-state index is 3.56. The van der Waals surface area contributed by atoms with Crippen molar-refractivity contribution >= 4 is 10.9 Å². The van der Waals surface area contributed by atoms with Crippen LogP contribution in [-0.4, -0.2) is 35.6 Å². The number of piperidine rings is 1. The molecule has 0 aliphatic carbocycles. The number of likely N-dealkylation sites (tertiary alicyclic amines) is 1. The summed E-state index contributed by atoms with van der Waals surface area (Å²) < 4.78 is 2.59. The second kappa shape index (κ2) is 6.66. The molecule has 1 unspecified atom stereocenters.